The molecule has 2 amide bonds. The molecule has 0 radical (unpaired) electrons. The maximum Gasteiger partial charge on any atom is 0.243 e. The summed E-state index contributed by atoms with van der Waals surface area (Å²) in [6.07, 6.45) is 0.393. The van der Waals surface area contributed by atoms with Crippen molar-refractivity contribution < 1.29 is 14.0 Å². The smallest absolute Gasteiger partial charge is 0.243 e. The van der Waals surface area contributed by atoms with Crippen LogP contribution >= 0.6 is 23.2 Å². The summed E-state index contributed by atoms with van der Waals surface area (Å²) >= 11 is 12.1. The second-order valence-corrected chi connectivity index (χ2v) is 8.49. The van der Waals surface area contributed by atoms with Gasteiger partial charge in [0.2, 0.25) is 11.8 Å². The summed E-state index contributed by atoms with van der Waals surface area (Å²) in [4.78, 5) is 28.2. The number of nitrogens with zero attached hydrogens (tertiary/aromatic N) is 1. The van der Waals surface area contributed by atoms with Crippen LogP contribution in [0.25, 0.3) is 0 Å². The van der Waals surface area contributed by atoms with E-state index in [1.165, 1.54) is 12.1 Å². The average molecular weight is 487 g/mol. The SMILES string of the molecule is CCNC(=O)[C@@H](Cc1ccccc1)N(Cc1ccc(F)cc1)C(=O)Cc1ccc(Cl)c(Cl)c1. The van der Waals surface area contributed by atoms with Crippen molar-refractivity contribution in [3.8, 4) is 0 Å². The van der Waals surface area contributed by atoms with Crippen LogP contribution in [-0.2, 0) is 29.0 Å². The van der Waals surface area contributed by atoms with Crippen LogP contribution in [0, 0.1) is 5.82 Å². The van der Waals surface area contributed by atoms with E-state index in [-0.39, 0.29) is 30.6 Å². The first kappa shape index (κ1) is 24.7. The topological polar surface area (TPSA) is 49.4 Å². The van der Waals surface area contributed by atoms with E-state index in [9.17, 15) is 14.0 Å². The highest BCUT2D eigenvalue weighted by Gasteiger charge is 2.30. The number of hydrogen-bond donors (Lipinski definition) is 1. The summed E-state index contributed by atoms with van der Waals surface area (Å²) in [5, 5.41) is 3.61. The first-order valence-corrected chi connectivity index (χ1v) is 11.4. The Morgan fingerprint density at radius 3 is 2.21 bits per heavy atom. The van der Waals surface area contributed by atoms with E-state index in [0.717, 1.165) is 11.1 Å². The normalized spacial score (nSPS) is 11.6. The zero-order valence-corrected chi connectivity index (χ0v) is 19.7. The fraction of sp³-hybridized carbons (Fsp3) is 0.231. The van der Waals surface area contributed by atoms with Gasteiger partial charge >= 0.3 is 0 Å². The number of nitrogens with one attached hydrogen (secondary N) is 1. The number of amides is 2. The van der Waals surface area contributed by atoms with Crippen molar-refractivity contribution in [2.24, 2.45) is 0 Å². The van der Waals surface area contributed by atoms with Crippen molar-refractivity contribution >= 4 is 35.0 Å². The van der Waals surface area contributed by atoms with Crippen LogP contribution in [0.15, 0.2) is 72.8 Å². The Labute approximate surface area is 203 Å². The van der Waals surface area contributed by atoms with Crippen molar-refractivity contribution in [2.45, 2.75) is 32.4 Å². The molecule has 33 heavy (non-hydrogen) atoms. The highest BCUT2D eigenvalue weighted by Crippen LogP contribution is 2.24. The number of likely N-dealkylation sites (N-methyl/N-ethyl adjacent to an activating group) is 1. The molecule has 1 atom stereocenters. The lowest BCUT2D eigenvalue weighted by molar-refractivity contribution is -0.140. The molecule has 0 aromatic heterocycles. The maximum atomic E-state index is 13.5. The van der Waals surface area contributed by atoms with Crippen molar-refractivity contribution in [1.82, 2.24) is 10.2 Å². The molecule has 0 heterocycles. The number of halogens is 3. The van der Waals surface area contributed by atoms with Crippen LogP contribution in [0.5, 0.6) is 0 Å². The number of carbonyl (C=O) groups is 2. The van der Waals surface area contributed by atoms with Gasteiger partial charge in [0, 0.05) is 19.5 Å². The van der Waals surface area contributed by atoms with Crippen LogP contribution < -0.4 is 5.32 Å². The highest BCUT2D eigenvalue weighted by atomic mass is 35.5. The molecule has 0 aliphatic heterocycles. The van der Waals surface area contributed by atoms with Gasteiger partial charge in [-0.2, -0.15) is 0 Å². The molecule has 7 heteroatoms. The first-order valence-electron chi connectivity index (χ1n) is 10.7. The minimum atomic E-state index is -0.743. The second-order valence-electron chi connectivity index (χ2n) is 7.67. The predicted octanol–water partition coefficient (Wildman–Crippen LogP) is 5.45. The van der Waals surface area contributed by atoms with Gasteiger partial charge < -0.3 is 10.2 Å². The van der Waals surface area contributed by atoms with Gasteiger partial charge in [-0.15, -0.1) is 0 Å². The molecule has 0 spiro atoms. The lowest BCUT2D eigenvalue weighted by Gasteiger charge is -2.31. The minimum absolute atomic E-state index is 0.0444. The third kappa shape index (κ3) is 7.04. The molecule has 0 aliphatic rings. The van der Waals surface area contributed by atoms with Gasteiger partial charge in [0.05, 0.1) is 16.5 Å². The fourth-order valence-electron chi connectivity index (χ4n) is 3.56. The van der Waals surface area contributed by atoms with Crippen LogP contribution in [0.3, 0.4) is 0 Å². The number of carbonyl (C=O) groups excluding carboxylic acids is 2. The Bertz CT molecular complexity index is 1090. The molecule has 4 nitrogen and oxygen atoms in total. The lowest BCUT2D eigenvalue weighted by Crippen LogP contribution is -2.50. The molecule has 0 bridgehead atoms. The molecule has 0 fully saturated rings. The summed E-state index contributed by atoms with van der Waals surface area (Å²) in [7, 11) is 0. The van der Waals surface area contributed by atoms with Gasteiger partial charge in [-0.1, -0.05) is 71.7 Å². The Balaban J connectivity index is 1.95. The van der Waals surface area contributed by atoms with Crippen LogP contribution in [0.2, 0.25) is 10.0 Å². The number of rotatable bonds is 9. The Hall–Kier alpha value is -2.89. The zero-order valence-electron chi connectivity index (χ0n) is 18.2. The molecular weight excluding hydrogens is 462 g/mol. The Morgan fingerprint density at radius 1 is 0.909 bits per heavy atom. The highest BCUT2D eigenvalue weighted by molar-refractivity contribution is 6.42. The number of hydrogen-bond acceptors (Lipinski definition) is 2. The molecule has 3 aromatic carbocycles. The molecule has 0 saturated carbocycles. The van der Waals surface area contributed by atoms with Gasteiger partial charge in [0.15, 0.2) is 0 Å². The molecule has 0 unspecified atom stereocenters. The quantitative estimate of drug-likeness (QED) is 0.437. The zero-order chi connectivity index (χ0) is 23.8. The largest absolute Gasteiger partial charge is 0.355 e. The first-order chi connectivity index (χ1) is 15.9. The molecule has 3 rings (SSSR count). The fourth-order valence-corrected chi connectivity index (χ4v) is 3.88. The van der Waals surface area contributed by atoms with E-state index in [1.807, 2.05) is 37.3 Å². The van der Waals surface area contributed by atoms with Gasteiger partial charge in [0.1, 0.15) is 11.9 Å². The van der Waals surface area contributed by atoms with E-state index in [4.69, 9.17) is 23.2 Å². The summed E-state index contributed by atoms with van der Waals surface area (Å²) < 4.78 is 13.4. The Kier molecular flexibility index (Phi) is 8.87. The summed E-state index contributed by atoms with van der Waals surface area (Å²) in [6, 6.07) is 19.7. The van der Waals surface area contributed by atoms with Gasteiger partial charge in [-0.3, -0.25) is 9.59 Å². The Morgan fingerprint density at radius 2 is 1.58 bits per heavy atom. The van der Waals surface area contributed by atoms with E-state index >= 15 is 0 Å². The van der Waals surface area contributed by atoms with Crippen LogP contribution in [-0.4, -0.2) is 29.3 Å². The summed E-state index contributed by atoms with van der Waals surface area (Å²) in [5.41, 5.74) is 2.34. The van der Waals surface area contributed by atoms with Crippen molar-refractivity contribution in [3.05, 3.63) is 105 Å². The summed E-state index contributed by atoms with van der Waals surface area (Å²) in [5.74, 6) is -0.854. The molecule has 172 valence electrons. The van der Waals surface area contributed by atoms with E-state index in [0.29, 0.717) is 28.6 Å². The van der Waals surface area contributed by atoms with Gasteiger partial charge in [-0.05, 0) is 47.9 Å². The summed E-state index contributed by atoms with van der Waals surface area (Å²) in [6.45, 7) is 2.43. The van der Waals surface area contributed by atoms with Gasteiger partial charge in [0.25, 0.3) is 0 Å². The van der Waals surface area contributed by atoms with Crippen molar-refractivity contribution in [1.29, 1.82) is 0 Å². The van der Waals surface area contributed by atoms with E-state index in [2.05, 4.69) is 5.32 Å². The van der Waals surface area contributed by atoms with Crippen molar-refractivity contribution in [3.63, 3.8) is 0 Å². The lowest BCUT2D eigenvalue weighted by atomic mass is 10.0. The third-order valence-electron chi connectivity index (χ3n) is 5.23. The third-order valence-corrected chi connectivity index (χ3v) is 5.97. The van der Waals surface area contributed by atoms with Crippen LogP contribution in [0.4, 0.5) is 4.39 Å². The van der Waals surface area contributed by atoms with E-state index < -0.39 is 6.04 Å². The molecule has 3 aromatic rings. The second kappa shape index (κ2) is 11.8. The maximum absolute atomic E-state index is 13.5. The van der Waals surface area contributed by atoms with Crippen LogP contribution in [0.1, 0.15) is 23.6 Å². The van der Waals surface area contributed by atoms with E-state index in [1.54, 1.807) is 35.2 Å². The molecular formula is C26H25Cl2FN2O2. The van der Waals surface area contributed by atoms with Gasteiger partial charge in [-0.25, -0.2) is 4.39 Å². The molecule has 1 N–H and O–H groups in total. The monoisotopic (exact) mass is 486 g/mol. The average Bonchev–Trinajstić information content (AvgIpc) is 2.80. The standard InChI is InChI=1S/C26H25Cl2FN2O2/c1-2-30-26(33)24(15-18-6-4-3-5-7-18)31(17-19-8-11-21(29)12-9-19)25(32)16-20-10-13-22(27)23(28)14-20/h3-14,24H,2,15-17H2,1H3,(H,30,33)/t24-/m1/s1. The number of benzene rings is 3. The minimum Gasteiger partial charge on any atom is -0.355 e. The molecule has 0 saturated heterocycles. The molecule has 0 aliphatic carbocycles. The predicted molar refractivity (Wildman–Crippen MR) is 130 cm³/mol. The van der Waals surface area contributed by atoms with Crippen molar-refractivity contribution in [2.75, 3.05) is 6.54 Å².